The molecule has 0 amide bonds. The molecule has 0 unspecified atom stereocenters. The number of aryl methyl sites for hydroxylation is 2. The normalized spacial score (nSPS) is 13.9. The van der Waals surface area contributed by atoms with Crippen LogP contribution < -0.4 is 5.19 Å². The van der Waals surface area contributed by atoms with Gasteiger partial charge in [-0.05, 0) is 55.7 Å². The number of ketones is 1. The largest absolute Gasteiger partial charge is 0.512 e. The maximum atomic E-state index is 11.7. The van der Waals surface area contributed by atoms with Crippen molar-refractivity contribution in [3.8, 4) is 11.3 Å². The average Bonchev–Trinajstić information content (AvgIpc) is 3.39. The number of allylic oxidation sites excluding steroid dienone is 2. The van der Waals surface area contributed by atoms with Gasteiger partial charge < -0.3 is 14.5 Å². The van der Waals surface area contributed by atoms with Gasteiger partial charge in [-0.2, -0.15) is 0 Å². The Hall–Kier alpha value is -3.05. The SMILES string of the molecule is CCC(CC)C(=O)/C=C(\O)C(CC)CC.Cc1ccc2c3c([c-]cc2c1)-c1ncc(C)c2oc4c([Si](C)(C)C)ccc(c4c12)C3(C)C.[Ir]. The molecule has 0 saturated carbocycles. The predicted molar refractivity (Wildman–Crippen MR) is 202 cm³/mol. The van der Waals surface area contributed by atoms with E-state index >= 15 is 0 Å². The quantitative estimate of drug-likeness (QED) is 0.0732. The topological polar surface area (TPSA) is 63.3 Å². The first-order chi connectivity index (χ1) is 22.2. The zero-order valence-electron chi connectivity index (χ0n) is 30.6. The summed E-state index contributed by atoms with van der Waals surface area (Å²) in [4.78, 5) is 16.7. The van der Waals surface area contributed by atoms with E-state index < -0.39 is 8.07 Å². The standard InChI is InChI=1S/C29H28NOSi.C13H24O2.Ir/c1-16-8-10-19-18(14-16)9-11-20-25(19)29(3,4)21-12-13-22(32(5,6)7)28-23(21)24-26(20)30-15-17(2)27(24)31-28;1-5-10(6-2)12(14)9-13(15)11(7-3)8-4;/h8-10,12-15H,1-7H3;9-11,14H,5-8H2,1-4H3;/q-1;;/b;12-9-;. The minimum atomic E-state index is -1.61. The number of aliphatic hydroxyl groups excluding tert-OH is 1. The molecule has 1 radical (unpaired) electrons. The number of aromatic nitrogens is 1. The Morgan fingerprint density at radius 1 is 0.958 bits per heavy atom. The number of benzene rings is 3. The number of fused-ring (bicyclic) bond motifs is 4. The second-order valence-electron chi connectivity index (χ2n) is 15.0. The van der Waals surface area contributed by atoms with Crippen LogP contribution in [-0.4, -0.2) is 23.9 Å². The van der Waals surface area contributed by atoms with Crippen molar-refractivity contribution in [3.05, 3.63) is 82.8 Å². The maximum Gasteiger partial charge on any atom is 0.162 e. The molecule has 5 aromatic rings. The van der Waals surface area contributed by atoms with Gasteiger partial charge in [0.15, 0.2) is 5.78 Å². The van der Waals surface area contributed by atoms with Crippen LogP contribution in [0, 0.1) is 31.7 Å². The van der Waals surface area contributed by atoms with Crippen molar-refractivity contribution in [2.75, 3.05) is 0 Å². The number of aliphatic hydroxyl groups is 1. The van der Waals surface area contributed by atoms with Crippen LogP contribution in [0.25, 0.3) is 44.0 Å². The number of hydrogen-bond acceptors (Lipinski definition) is 4. The summed E-state index contributed by atoms with van der Waals surface area (Å²) in [5.74, 6) is 0.547. The number of rotatable bonds is 8. The Bertz CT molecular complexity index is 2010. The minimum Gasteiger partial charge on any atom is -0.512 e. The average molecular weight is 839 g/mol. The number of nitrogens with zero attached hydrogens (tertiary/aromatic N) is 1. The van der Waals surface area contributed by atoms with Gasteiger partial charge in [0.2, 0.25) is 0 Å². The van der Waals surface area contributed by atoms with Crippen molar-refractivity contribution in [3.63, 3.8) is 0 Å². The molecule has 4 nitrogen and oxygen atoms in total. The molecule has 2 heterocycles. The van der Waals surface area contributed by atoms with Crippen LogP contribution >= 0.6 is 0 Å². The smallest absolute Gasteiger partial charge is 0.162 e. The van der Waals surface area contributed by atoms with E-state index in [1.54, 1.807) is 0 Å². The van der Waals surface area contributed by atoms with Crippen LogP contribution in [0.1, 0.15) is 89.5 Å². The summed E-state index contributed by atoms with van der Waals surface area (Å²) in [5, 5.41) is 16.1. The summed E-state index contributed by atoms with van der Waals surface area (Å²) < 4.78 is 6.69. The predicted octanol–water partition coefficient (Wildman–Crippen LogP) is 11.3. The van der Waals surface area contributed by atoms with Gasteiger partial charge in [-0.3, -0.25) is 4.79 Å². The van der Waals surface area contributed by atoms with E-state index in [0.29, 0.717) is 0 Å². The molecule has 6 rings (SSSR count). The Kier molecular flexibility index (Phi) is 11.4. The maximum absolute atomic E-state index is 11.7. The molecule has 2 aromatic heterocycles. The zero-order chi connectivity index (χ0) is 34.4. The van der Waals surface area contributed by atoms with Gasteiger partial charge in [-0.15, -0.1) is 23.3 Å². The van der Waals surface area contributed by atoms with Gasteiger partial charge in [-0.25, -0.2) is 0 Å². The van der Waals surface area contributed by atoms with Crippen LogP contribution in [-0.2, 0) is 30.3 Å². The van der Waals surface area contributed by atoms with E-state index in [0.717, 1.165) is 59.1 Å². The summed E-state index contributed by atoms with van der Waals surface area (Å²) in [6.07, 6.45) is 6.87. The number of carbonyl (C=O) groups is 1. The first kappa shape index (κ1) is 37.8. The van der Waals surface area contributed by atoms with Crippen molar-refractivity contribution in [2.24, 2.45) is 11.8 Å². The fraction of sp³-hybridized carbons (Fsp3) is 0.429. The number of carbonyl (C=O) groups excluding carboxylic acids is 1. The van der Waals surface area contributed by atoms with Crippen molar-refractivity contribution >= 4 is 51.8 Å². The molecule has 0 spiro atoms. The third-order valence-corrected chi connectivity index (χ3v) is 12.4. The molecule has 1 aliphatic rings. The second kappa shape index (κ2) is 14.4. The Morgan fingerprint density at radius 3 is 2.21 bits per heavy atom. The molecule has 48 heavy (non-hydrogen) atoms. The van der Waals surface area contributed by atoms with Crippen LogP contribution in [0.4, 0.5) is 0 Å². The van der Waals surface area contributed by atoms with E-state index in [9.17, 15) is 9.90 Å². The van der Waals surface area contributed by atoms with Crippen molar-refractivity contribution in [1.29, 1.82) is 0 Å². The molecule has 0 atom stereocenters. The summed E-state index contributed by atoms with van der Waals surface area (Å²) in [5.41, 5.74) is 8.91. The van der Waals surface area contributed by atoms with Crippen LogP contribution in [0.15, 0.2) is 58.8 Å². The molecule has 1 N–H and O–H groups in total. The summed E-state index contributed by atoms with van der Waals surface area (Å²) in [6.45, 7) is 24.2. The molecule has 3 aromatic carbocycles. The minimum absolute atomic E-state index is 0. The molecule has 0 saturated heterocycles. The van der Waals surface area contributed by atoms with Crippen molar-refractivity contribution in [2.45, 2.75) is 106 Å². The first-order valence-electron chi connectivity index (χ1n) is 17.4. The Labute approximate surface area is 301 Å². The van der Waals surface area contributed by atoms with Crippen LogP contribution in [0.3, 0.4) is 0 Å². The van der Waals surface area contributed by atoms with Gasteiger partial charge in [-0.1, -0.05) is 108 Å². The van der Waals surface area contributed by atoms with E-state index in [2.05, 4.69) is 89.8 Å². The first-order valence-corrected chi connectivity index (χ1v) is 20.9. The van der Waals surface area contributed by atoms with Crippen LogP contribution in [0.5, 0.6) is 0 Å². The third kappa shape index (κ3) is 6.61. The number of pyridine rings is 1. The molecular formula is C42H52IrNO3Si-. The zero-order valence-corrected chi connectivity index (χ0v) is 34.0. The molecular weight excluding hydrogens is 787 g/mol. The van der Waals surface area contributed by atoms with Gasteiger partial charge in [0, 0.05) is 66.2 Å². The molecule has 257 valence electrons. The fourth-order valence-electron chi connectivity index (χ4n) is 7.43. The van der Waals surface area contributed by atoms with Crippen molar-refractivity contribution < 1.29 is 34.4 Å². The molecule has 6 heteroatoms. The summed E-state index contributed by atoms with van der Waals surface area (Å²) >= 11 is 0. The molecule has 0 fully saturated rings. The van der Waals surface area contributed by atoms with Gasteiger partial charge in [0.25, 0.3) is 0 Å². The van der Waals surface area contributed by atoms with E-state index in [-0.39, 0.29) is 48.9 Å². The fourth-order valence-corrected chi connectivity index (χ4v) is 8.87. The number of furan rings is 1. The molecule has 0 aliphatic heterocycles. The van der Waals surface area contributed by atoms with Gasteiger partial charge in [0.05, 0.1) is 13.8 Å². The summed E-state index contributed by atoms with van der Waals surface area (Å²) in [6, 6.07) is 17.2. The van der Waals surface area contributed by atoms with Crippen molar-refractivity contribution in [1.82, 2.24) is 4.98 Å². The molecule has 1 aliphatic carbocycles. The molecule has 0 bridgehead atoms. The van der Waals surface area contributed by atoms with E-state index in [1.807, 2.05) is 33.9 Å². The second-order valence-corrected chi connectivity index (χ2v) is 20.0. The van der Waals surface area contributed by atoms with E-state index in [4.69, 9.17) is 9.40 Å². The van der Waals surface area contributed by atoms with Gasteiger partial charge in [0.1, 0.15) is 11.2 Å². The third-order valence-electron chi connectivity index (χ3n) is 10.3. The summed E-state index contributed by atoms with van der Waals surface area (Å²) in [7, 11) is -1.61. The Balaban J connectivity index is 0.000000279. The van der Waals surface area contributed by atoms with E-state index in [1.165, 1.54) is 44.1 Å². The van der Waals surface area contributed by atoms with Crippen LogP contribution in [0.2, 0.25) is 19.6 Å². The number of hydrogen-bond donors (Lipinski definition) is 1. The Morgan fingerprint density at radius 2 is 1.60 bits per heavy atom. The monoisotopic (exact) mass is 839 g/mol. The van der Waals surface area contributed by atoms with Gasteiger partial charge >= 0.3 is 0 Å².